The number of morpholine rings is 1. The predicted molar refractivity (Wildman–Crippen MR) is 127 cm³/mol. The van der Waals surface area contributed by atoms with Crippen molar-refractivity contribution in [2.45, 2.75) is 6.42 Å². The van der Waals surface area contributed by atoms with E-state index in [-0.39, 0.29) is 12.3 Å². The zero-order chi connectivity index (χ0) is 22.6. The van der Waals surface area contributed by atoms with Crippen molar-refractivity contribution < 1.29 is 14.3 Å². The molecule has 0 unspecified atom stereocenters. The Morgan fingerprint density at radius 3 is 2.70 bits per heavy atom. The van der Waals surface area contributed by atoms with Gasteiger partial charge >= 0.3 is 0 Å². The fourth-order valence-electron chi connectivity index (χ4n) is 3.95. The quantitative estimate of drug-likeness (QED) is 0.492. The van der Waals surface area contributed by atoms with Crippen molar-refractivity contribution >= 4 is 23.1 Å². The zero-order valence-corrected chi connectivity index (χ0v) is 18.4. The monoisotopic (exact) mass is 443 g/mol. The number of nitrogens with zero attached hydrogens (tertiary/aromatic N) is 4. The van der Waals surface area contributed by atoms with Crippen LogP contribution in [0.25, 0.3) is 16.9 Å². The third-order valence-corrected chi connectivity index (χ3v) is 5.70. The molecule has 0 bridgehead atoms. The van der Waals surface area contributed by atoms with E-state index < -0.39 is 0 Å². The van der Waals surface area contributed by atoms with Crippen molar-refractivity contribution in [3.05, 3.63) is 72.7 Å². The number of hydrogen-bond donors (Lipinski definition) is 1. The molecular formula is C25H25N5O3. The van der Waals surface area contributed by atoms with Gasteiger partial charge in [0.2, 0.25) is 5.91 Å². The molecule has 0 aliphatic carbocycles. The lowest BCUT2D eigenvalue weighted by molar-refractivity contribution is -0.115. The summed E-state index contributed by atoms with van der Waals surface area (Å²) < 4.78 is 12.5. The van der Waals surface area contributed by atoms with E-state index in [9.17, 15) is 4.79 Å². The molecule has 5 rings (SSSR count). The van der Waals surface area contributed by atoms with Crippen molar-refractivity contribution in [3.8, 4) is 17.0 Å². The second kappa shape index (κ2) is 9.30. The first-order chi connectivity index (χ1) is 16.2. The smallest absolute Gasteiger partial charge is 0.229 e. The first-order valence-electron chi connectivity index (χ1n) is 10.9. The largest absolute Gasteiger partial charge is 0.497 e. The van der Waals surface area contributed by atoms with Gasteiger partial charge in [0, 0.05) is 30.5 Å². The second-order valence-electron chi connectivity index (χ2n) is 7.87. The third-order valence-electron chi connectivity index (χ3n) is 5.70. The van der Waals surface area contributed by atoms with Gasteiger partial charge in [0.1, 0.15) is 11.6 Å². The Labute approximate surface area is 191 Å². The second-order valence-corrected chi connectivity index (χ2v) is 7.87. The summed E-state index contributed by atoms with van der Waals surface area (Å²) in [6.45, 7) is 3.31. The van der Waals surface area contributed by atoms with Crippen molar-refractivity contribution in [1.82, 2.24) is 14.4 Å². The van der Waals surface area contributed by atoms with Crippen LogP contribution in [0.1, 0.15) is 5.56 Å². The highest BCUT2D eigenvalue weighted by Gasteiger charge is 2.13. The van der Waals surface area contributed by atoms with Crippen LogP contribution in [-0.2, 0) is 16.0 Å². The Morgan fingerprint density at radius 2 is 1.91 bits per heavy atom. The molecule has 0 spiro atoms. The number of hydrogen-bond acceptors (Lipinski definition) is 6. The lowest BCUT2D eigenvalue weighted by Gasteiger charge is -2.28. The van der Waals surface area contributed by atoms with Crippen LogP contribution in [-0.4, -0.2) is 53.7 Å². The molecule has 1 fully saturated rings. The maximum Gasteiger partial charge on any atom is 0.229 e. The molecule has 4 aromatic rings. The number of aromatic nitrogens is 3. The zero-order valence-electron chi connectivity index (χ0n) is 18.4. The number of ether oxygens (including phenoxy) is 2. The van der Waals surface area contributed by atoms with Gasteiger partial charge in [0.15, 0.2) is 5.65 Å². The fraction of sp³-hybridized carbons (Fsp3) is 0.240. The van der Waals surface area contributed by atoms with Crippen molar-refractivity contribution in [1.29, 1.82) is 0 Å². The average molecular weight is 444 g/mol. The molecule has 8 heteroatoms. The van der Waals surface area contributed by atoms with Gasteiger partial charge in [0.05, 0.1) is 44.8 Å². The molecule has 2 aromatic heterocycles. The Hall–Kier alpha value is -3.91. The number of anilines is 2. The first-order valence-corrected chi connectivity index (χ1v) is 10.9. The summed E-state index contributed by atoms with van der Waals surface area (Å²) in [5.74, 6) is 1.20. The third kappa shape index (κ3) is 4.65. The van der Waals surface area contributed by atoms with Gasteiger partial charge in [-0.25, -0.2) is 4.98 Å². The van der Waals surface area contributed by atoms with E-state index in [0.717, 1.165) is 48.9 Å². The van der Waals surface area contributed by atoms with Gasteiger partial charge in [-0.1, -0.05) is 24.3 Å². The number of imidazole rings is 1. The summed E-state index contributed by atoms with van der Waals surface area (Å²) in [5.41, 5.74) is 4.52. The molecule has 1 saturated heterocycles. The van der Waals surface area contributed by atoms with E-state index in [0.29, 0.717) is 11.5 Å². The number of carbonyl (C=O) groups is 1. The summed E-state index contributed by atoms with van der Waals surface area (Å²) in [5, 5.41) is 2.96. The van der Waals surface area contributed by atoms with Crippen LogP contribution in [0.3, 0.4) is 0 Å². The lowest BCUT2D eigenvalue weighted by Crippen LogP contribution is -2.36. The topological polar surface area (TPSA) is 81.0 Å². The van der Waals surface area contributed by atoms with Crippen LogP contribution < -0.4 is 15.0 Å². The minimum atomic E-state index is -0.127. The Balaban J connectivity index is 1.33. The number of rotatable bonds is 6. The number of benzene rings is 2. The van der Waals surface area contributed by atoms with Gasteiger partial charge in [0.25, 0.3) is 0 Å². The number of carbonyl (C=O) groups excluding carboxylic acids is 1. The van der Waals surface area contributed by atoms with Crippen LogP contribution in [0.4, 0.5) is 11.5 Å². The number of amides is 1. The number of nitrogens with one attached hydrogen (secondary N) is 1. The summed E-state index contributed by atoms with van der Waals surface area (Å²) in [4.78, 5) is 23.9. The van der Waals surface area contributed by atoms with Crippen LogP contribution >= 0.6 is 0 Å². The lowest BCUT2D eigenvalue weighted by atomic mass is 10.1. The van der Waals surface area contributed by atoms with E-state index in [1.807, 2.05) is 34.9 Å². The van der Waals surface area contributed by atoms with Gasteiger partial charge in [-0.15, -0.1) is 0 Å². The SMILES string of the molecule is COc1cccc(CC(=O)Nc2cnc3cnc(-c4ccc(N5CCOCC5)cc4)cn23)c1. The summed E-state index contributed by atoms with van der Waals surface area (Å²) >= 11 is 0. The summed E-state index contributed by atoms with van der Waals surface area (Å²) in [6.07, 6.45) is 5.49. The molecule has 33 heavy (non-hydrogen) atoms. The highest BCUT2D eigenvalue weighted by Crippen LogP contribution is 2.24. The molecule has 1 aliphatic heterocycles. The van der Waals surface area contributed by atoms with E-state index in [2.05, 4.69) is 44.5 Å². The minimum absolute atomic E-state index is 0.127. The van der Waals surface area contributed by atoms with Crippen molar-refractivity contribution in [2.75, 3.05) is 43.6 Å². The molecular weight excluding hydrogens is 418 g/mol. The molecule has 1 aliphatic rings. The predicted octanol–water partition coefficient (Wildman–Crippen LogP) is 3.42. The Bertz CT molecular complexity index is 1260. The standard InChI is InChI=1S/C25H25N5O3/c1-32-21-4-2-3-18(13-21)14-25(31)28-24-16-27-23-15-26-22(17-30(23)24)19-5-7-20(8-6-19)29-9-11-33-12-10-29/h2-8,13,15-17H,9-12,14H2,1H3,(H,28,31). The van der Waals surface area contributed by atoms with Crippen LogP contribution in [0.15, 0.2) is 67.1 Å². The molecule has 0 atom stereocenters. The van der Waals surface area contributed by atoms with E-state index in [1.165, 1.54) is 5.69 Å². The van der Waals surface area contributed by atoms with Crippen molar-refractivity contribution in [2.24, 2.45) is 0 Å². The molecule has 1 amide bonds. The first kappa shape index (κ1) is 21.0. The number of fused-ring (bicyclic) bond motifs is 1. The van der Waals surface area contributed by atoms with E-state index >= 15 is 0 Å². The van der Waals surface area contributed by atoms with Crippen LogP contribution in [0.2, 0.25) is 0 Å². The molecule has 1 N–H and O–H groups in total. The average Bonchev–Trinajstić information content (AvgIpc) is 3.26. The number of methoxy groups -OCH3 is 1. The van der Waals surface area contributed by atoms with Gasteiger partial charge in [-0.05, 0) is 29.8 Å². The molecule has 0 saturated carbocycles. The Morgan fingerprint density at radius 1 is 1.09 bits per heavy atom. The van der Waals surface area contributed by atoms with Gasteiger partial charge in [-0.3, -0.25) is 14.2 Å². The normalized spacial score (nSPS) is 13.8. The summed E-state index contributed by atoms with van der Waals surface area (Å²) in [7, 11) is 1.61. The summed E-state index contributed by atoms with van der Waals surface area (Å²) in [6, 6.07) is 15.8. The highest BCUT2D eigenvalue weighted by molar-refractivity contribution is 5.92. The maximum atomic E-state index is 12.6. The molecule has 2 aromatic carbocycles. The van der Waals surface area contributed by atoms with Crippen molar-refractivity contribution in [3.63, 3.8) is 0 Å². The van der Waals surface area contributed by atoms with Gasteiger partial charge in [-0.2, -0.15) is 0 Å². The van der Waals surface area contributed by atoms with Crippen LogP contribution in [0, 0.1) is 0 Å². The van der Waals surface area contributed by atoms with E-state index in [1.54, 1.807) is 19.5 Å². The van der Waals surface area contributed by atoms with Crippen LogP contribution in [0.5, 0.6) is 5.75 Å². The van der Waals surface area contributed by atoms with Gasteiger partial charge < -0.3 is 19.7 Å². The highest BCUT2D eigenvalue weighted by atomic mass is 16.5. The molecule has 0 radical (unpaired) electrons. The molecule has 8 nitrogen and oxygen atoms in total. The maximum absolute atomic E-state index is 12.6. The Kier molecular flexibility index (Phi) is 5.91. The molecule has 3 heterocycles. The minimum Gasteiger partial charge on any atom is -0.497 e. The molecule has 168 valence electrons. The fourth-order valence-corrected chi connectivity index (χ4v) is 3.95. The van der Waals surface area contributed by atoms with E-state index in [4.69, 9.17) is 9.47 Å².